The van der Waals surface area contributed by atoms with Gasteiger partial charge >= 0.3 is 5.97 Å². The predicted octanol–water partition coefficient (Wildman–Crippen LogP) is 0.586. The normalized spacial score (nSPS) is 12.3. The van der Waals surface area contributed by atoms with Crippen molar-refractivity contribution in [2.75, 3.05) is 19.4 Å². The summed E-state index contributed by atoms with van der Waals surface area (Å²) in [6.45, 7) is 4.12. The summed E-state index contributed by atoms with van der Waals surface area (Å²) < 4.78 is 4.59. The minimum absolute atomic E-state index is 0.000114. The van der Waals surface area contributed by atoms with E-state index < -0.39 is 12.0 Å². The van der Waals surface area contributed by atoms with Crippen LogP contribution in [-0.4, -0.2) is 36.7 Å². The molecule has 6 heteroatoms. The lowest BCUT2D eigenvalue weighted by Crippen LogP contribution is -2.43. The molecule has 0 aliphatic rings. The number of carbonyl (C=O) groups is 2. The molecule has 0 unspecified atom stereocenters. The molecule has 0 radical (unpaired) electrons. The molecule has 0 saturated carbocycles. The Bertz CT molecular complexity index is 221. The summed E-state index contributed by atoms with van der Waals surface area (Å²) in [6.07, 6.45) is 0. The average molecular weight is 234 g/mol. The Morgan fingerprint density at radius 1 is 1.47 bits per heavy atom. The van der Waals surface area contributed by atoms with E-state index in [1.54, 1.807) is 0 Å². The molecule has 1 amide bonds. The Labute approximate surface area is 94.1 Å². The first-order valence-electron chi connectivity index (χ1n) is 4.74. The van der Waals surface area contributed by atoms with Crippen molar-refractivity contribution in [3.05, 3.63) is 0 Å². The van der Waals surface area contributed by atoms with Crippen LogP contribution in [0.15, 0.2) is 0 Å². The number of methoxy groups -OCH3 is 1. The molecule has 0 aromatic heterocycles. The molecule has 0 bridgehead atoms. The molecule has 0 aliphatic carbocycles. The lowest BCUT2D eigenvalue weighted by atomic mass is 10.1. The monoisotopic (exact) mass is 234 g/mol. The van der Waals surface area contributed by atoms with Crippen LogP contribution in [0.4, 0.5) is 4.79 Å². The van der Waals surface area contributed by atoms with Crippen molar-refractivity contribution in [1.82, 2.24) is 5.32 Å². The molecule has 3 N–H and O–H groups in total. The molecule has 0 fully saturated rings. The number of ether oxygens (including phenoxy) is 1. The summed E-state index contributed by atoms with van der Waals surface area (Å²) >= 11 is 1.07. The SMILES string of the molecule is COC(=O)[C@@H](NC(=O)SCCN)C(C)C. The highest BCUT2D eigenvalue weighted by atomic mass is 32.2. The van der Waals surface area contributed by atoms with Crippen molar-refractivity contribution in [2.45, 2.75) is 19.9 Å². The highest BCUT2D eigenvalue weighted by Gasteiger charge is 2.24. The molecular formula is C9H18N2O3S. The number of thioether (sulfide) groups is 1. The van der Waals surface area contributed by atoms with Gasteiger partial charge in [0.2, 0.25) is 0 Å². The van der Waals surface area contributed by atoms with Crippen molar-refractivity contribution in [1.29, 1.82) is 0 Å². The van der Waals surface area contributed by atoms with Crippen molar-refractivity contribution in [3.63, 3.8) is 0 Å². The number of esters is 1. The standard InChI is InChI=1S/C9H18N2O3S/c1-6(2)7(8(12)14-3)11-9(13)15-5-4-10/h6-7H,4-5,10H2,1-3H3,(H,11,13)/t7-/m0/s1. The van der Waals surface area contributed by atoms with Crippen molar-refractivity contribution in [2.24, 2.45) is 11.7 Å². The lowest BCUT2D eigenvalue weighted by Gasteiger charge is -2.19. The van der Waals surface area contributed by atoms with E-state index in [-0.39, 0.29) is 11.2 Å². The quantitative estimate of drug-likeness (QED) is 0.680. The zero-order chi connectivity index (χ0) is 11.8. The van der Waals surface area contributed by atoms with Crippen LogP contribution in [-0.2, 0) is 9.53 Å². The summed E-state index contributed by atoms with van der Waals surface area (Å²) in [4.78, 5) is 22.6. The summed E-state index contributed by atoms with van der Waals surface area (Å²) in [6, 6.07) is -0.590. The van der Waals surface area contributed by atoms with Gasteiger partial charge in [-0.1, -0.05) is 25.6 Å². The van der Waals surface area contributed by atoms with Gasteiger partial charge in [0.05, 0.1) is 7.11 Å². The lowest BCUT2D eigenvalue weighted by molar-refractivity contribution is -0.143. The Hall–Kier alpha value is -0.750. The highest BCUT2D eigenvalue weighted by Crippen LogP contribution is 2.07. The van der Waals surface area contributed by atoms with Crippen LogP contribution in [0.2, 0.25) is 0 Å². The number of nitrogens with one attached hydrogen (secondary N) is 1. The second-order valence-corrected chi connectivity index (χ2v) is 4.38. The van der Waals surface area contributed by atoms with Gasteiger partial charge in [-0.3, -0.25) is 4.79 Å². The van der Waals surface area contributed by atoms with E-state index in [0.717, 1.165) is 11.8 Å². The number of nitrogens with two attached hydrogens (primary N) is 1. The van der Waals surface area contributed by atoms with Gasteiger partial charge in [0.15, 0.2) is 0 Å². The largest absolute Gasteiger partial charge is 0.467 e. The maximum absolute atomic E-state index is 11.3. The van der Waals surface area contributed by atoms with E-state index >= 15 is 0 Å². The molecule has 0 rings (SSSR count). The minimum atomic E-state index is -0.590. The van der Waals surface area contributed by atoms with Crippen LogP contribution in [0.5, 0.6) is 0 Å². The van der Waals surface area contributed by atoms with Gasteiger partial charge in [0.1, 0.15) is 6.04 Å². The fourth-order valence-corrected chi connectivity index (χ4v) is 1.46. The molecule has 5 nitrogen and oxygen atoms in total. The fraction of sp³-hybridized carbons (Fsp3) is 0.778. The van der Waals surface area contributed by atoms with Gasteiger partial charge < -0.3 is 15.8 Å². The summed E-state index contributed by atoms with van der Waals surface area (Å²) in [5.74, 6) is 0.115. The molecule has 0 aromatic carbocycles. The summed E-state index contributed by atoms with van der Waals surface area (Å²) in [5, 5.41) is 2.35. The first-order chi connectivity index (χ1) is 7.02. The zero-order valence-corrected chi connectivity index (χ0v) is 10.1. The van der Waals surface area contributed by atoms with Gasteiger partial charge in [-0.05, 0) is 5.92 Å². The number of hydrogen-bond acceptors (Lipinski definition) is 5. The third-order valence-corrected chi connectivity index (χ3v) is 2.57. The van der Waals surface area contributed by atoms with Crippen LogP contribution in [0.3, 0.4) is 0 Å². The van der Waals surface area contributed by atoms with Crippen LogP contribution in [0, 0.1) is 5.92 Å². The third-order valence-electron chi connectivity index (χ3n) is 1.75. The van der Waals surface area contributed by atoms with Gasteiger partial charge in [-0.15, -0.1) is 0 Å². The second kappa shape index (κ2) is 7.53. The second-order valence-electron chi connectivity index (χ2n) is 3.31. The minimum Gasteiger partial charge on any atom is -0.467 e. The maximum atomic E-state index is 11.3. The molecule has 0 spiro atoms. The van der Waals surface area contributed by atoms with E-state index in [4.69, 9.17) is 5.73 Å². The van der Waals surface area contributed by atoms with E-state index in [2.05, 4.69) is 10.1 Å². The van der Waals surface area contributed by atoms with E-state index in [1.165, 1.54) is 7.11 Å². The molecule has 0 heterocycles. The van der Waals surface area contributed by atoms with Crippen LogP contribution < -0.4 is 11.1 Å². The number of carbonyl (C=O) groups excluding carboxylic acids is 2. The number of hydrogen-bond donors (Lipinski definition) is 2. The Kier molecular flexibility index (Phi) is 7.15. The summed E-state index contributed by atoms with van der Waals surface area (Å²) in [7, 11) is 1.30. The average Bonchev–Trinajstić information content (AvgIpc) is 2.21. The predicted molar refractivity (Wildman–Crippen MR) is 60.7 cm³/mol. The van der Waals surface area contributed by atoms with Crippen molar-refractivity contribution < 1.29 is 14.3 Å². The van der Waals surface area contributed by atoms with Crippen molar-refractivity contribution >= 4 is 23.0 Å². The molecule has 0 aliphatic heterocycles. The van der Waals surface area contributed by atoms with Gasteiger partial charge in [-0.25, -0.2) is 4.79 Å². The van der Waals surface area contributed by atoms with Crippen LogP contribution in [0.1, 0.15) is 13.8 Å². The Morgan fingerprint density at radius 2 is 2.07 bits per heavy atom. The zero-order valence-electron chi connectivity index (χ0n) is 9.28. The van der Waals surface area contributed by atoms with E-state index in [0.29, 0.717) is 12.3 Å². The Morgan fingerprint density at radius 3 is 2.47 bits per heavy atom. The maximum Gasteiger partial charge on any atom is 0.328 e. The molecular weight excluding hydrogens is 216 g/mol. The molecule has 1 atom stereocenters. The molecule has 0 aromatic rings. The molecule has 0 saturated heterocycles. The third kappa shape index (κ3) is 5.64. The number of rotatable bonds is 5. The molecule has 88 valence electrons. The number of amides is 1. The van der Waals surface area contributed by atoms with Crippen molar-refractivity contribution in [3.8, 4) is 0 Å². The topological polar surface area (TPSA) is 81.4 Å². The van der Waals surface area contributed by atoms with Crippen LogP contribution in [0.25, 0.3) is 0 Å². The van der Waals surface area contributed by atoms with E-state index in [9.17, 15) is 9.59 Å². The smallest absolute Gasteiger partial charge is 0.328 e. The first-order valence-corrected chi connectivity index (χ1v) is 5.72. The first kappa shape index (κ1) is 14.2. The summed E-state index contributed by atoms with van der Waals surface area (Å²) in [5.41, 5.74) is 5.26. The highest BCUT2D eigenvalue weighted by molar-refractivity contribution is 8.13. The van der Waals surface area contributed by atoms with Crippen LogP contribution >= 0.6 is 11.8 Å². The van der Waals surface area contributed by atoms with Gasteiger partial charge in [-0.2, -0.15) is 0 Å². The molecule has 15 heavy (non-hydrogen) atoms. The van der Waals surface area contributed by atoms with Gasteiger partial charge in [0, 0.05) is 12.3 Å². The van der Waals surface area contributed by atoms with E-state index in [1.807, 2.05) is 13.8 Å². The Balaban J connectivity index is 4.17. The fourth-order valence-electron chi connectivity index (χ4n) is 0.945. The van der Waals surface area contributed by atoms with Gasteiger partial charge in [0.25, 0.3) is 5.24 Å².